The third-order valence-corrected chi connectivity index (χ3v) is 3.14. The molecule has 3 rings (SSSR count). The minimum Gasteiger partial charge on any atom is -0.259 e. The molecule has 0 saturated carbocycles. The van der Waals surface area contributed by atoms with Crippen molar-refractivity contribution >= 4 is 23.2 Å². The van der Waals surface area contributed by atoms with E-state index < -0.39 is 0 Å². The highest BCUT2D eigenvalue weighted by Crippen LogP contribution is 2.23. The van der Waals surface area contributed by atoms with Crippen molar-refractivity contribution in [1.82, 2.24) is 15.2 Å². The first kappa shape index (κ1) is 12.2. The van der Waals surface area contributed by atoms with Crippen molar-refractivity contribution < 1.29 is 0 Å². The van der Waals surface area contributed by atoms with Crippen molar-refractivity contribution in [2.45, 2.75) is 0 Å². The number of aromatic nitrogens is 3. The lowest BCUT2D eigenvalue weighted by Gasteiger charge is -1.96. The summed E-state index contributed by atoms with van der Waals surface area (Å²) in [7, 11) is 0. The van der Waals surface area contributed by atoms with Gasteiger partial charge < -0.3 is 0 Å². The summed E-state index contributed by atoms with van der Waals surface area (Å²) in [6.07, 6.45) is 0. The summed E-state index contributed by atoms with van der Waals surface area (Å²) in [4.78, 5) is 4.45. The number of H-pyrrole nitrogens is 1. The predicted molar refractivity (Wildman–Crippen MR) is 77.3 cm³/mol. The van der Waals surface area contributed by atoms with Gasteiger partial charge in [0.1, 0.15) is 0 Å². The van der Waals surface area contributed by atoms with Crippen LogP contribution in [0.25, 0.3) is 22.8 Å². The fourth-order valence-electron chi connectivity index (χ4n) is 1.78. The molecule has 0 aliphatic carbocycles. The van der Waals surface area contributed by atoms with Gasteiger partial charge in [-0.25, -0.2) is 4.98 Å². The van der Waals surface area contributed by atoms with Crippen LogP contribution in [0.15, 0.2) is 48.5 Å². The first-order chi connectivity index (χ1) is 9.22. The molecule has 0 saturated heterocycles. The van der Waals surface area contributed by atoms with E-state index in [0.29, 0.717) is 21.7 Å². The van der Waals surface area contributed by atoms with Crippen molar-refractivity contribution in [3.63, 3.8) is 0 Å². The molecule has 0 spiro atoms. The van der Waals surface area contributed by atoms with Crippen LogP contribution >= 0.6 is 23.2 Å². The molecule has 0 fully saturated rings. The molecule has 1 N–H and O–H groups in total. The normalized spacial score (nSPS) is 10.6. The van der Waals surface area contributed by atoms with E-state index in [1.807, 2.05) is 48.5 Å². The van der Waals surface area contributed by atoms with E-state index in [1.54, 1.807) is 0 Å². The molecule has 3 nitrogen and oxygen atoms in total. The average molecular weight is 290 g/mol. The van der Waals surface area contributed by atoms with Crippen molar-refractivity contribution in [3.8, 4) is 22.8 Å². The number of hydrogen-bond acceptors (Lipinski definition) is 2. The van der Waals surface area contributed by atoms with E-state index in [-0.39, 0.29) is 0 Å². The largest absolute Gasteiger partial charge is 0.259 e. The van der Waals surface area contributed by atoms with Gasteiger partial charge in [0.2, 0.25) is 0 Å². The molecule has 0 aliphatic heterocycles. The standard InChI is InChI=1S/C14H9Cl2N3/c15-11-5-1-3-9(7-11)13-17-14(19-18-13)10-4-2-6-12(16)8-10/h1-8H,(H,17,18,19). The molecule has 0 amide bonds. The molecule has 94 valence electrons. The van der Waals surface area contributed by atoms with Gasteiger partial charge in [0, 0.05) is 21.2 Å². The molecular weight excluding hydrogens is 281 g/mol. The van der Waals surface area contributed by atoms with Crippen molar-refractivity contribution in [2.75, 3.05) is 0 Å². The van der Waals surface area contributed by atoms with Crippen LogP contribution in [0.5, 0.6) is 0 Å². The fourth-order valence-corrected chi connectivity index (χ4v) is 2.16. The topological polar surface area (TPSA) is 41.6 Å². The zero-order chi connectivity index (χ0) is 13.2. The Morgan fingerprint density at radius 2 is 1.47 bits per heavy atom. The third kappa shape index (κ3) is 2.62. The first-order valence-corrected chi connectivity index (χ1v) is 6.42. The SMILES string of the molecule is Clc1cccc(-c2n[nH]c(-c3cccc(Cl)c3)n2)c1. The van der Waals surface area contributed by atoms with E-state index >= 15 is 0 Å². The van der Waals surface area contributed by atoms with Crippen LogP contribution in [0.4, 0.5) is 0 Å². The van der Waals surface area contributed by atoms with E-state index in [4.69, 9.17) is 23.2 Å². The molecular formula is C14H9Cl2N3. The van der Waals surface area contributed by atoms with Gasteiger partial charge in [-0.2, -0.15) is 5.10 Å². The maximum Gasteiger partial charge on any atom is 0.181 e. The molecule has 2 aromatic carbocycles. The molecule has 0 atom stereocenters. The highest BCUT2D eigenvalue weighted by molar-refractivity contribution is 6.31. The van der Waals surface area contributed by atoms with Crippen LogP contribution in [0.3, 0.4) is 0 Å². The maximum atomic E-state index is 5.96. The second-order valence-corrected chi connectivity index (χ2v) is 4.90. The Morgan fingerprint density at radius 3 is 2.16 bits per heavy atom. The zero-order valence-corrected chi connectivity index (χ0v) is 11.3. The summed E-state index contributed by atoms with van der Waals surface area (Å²) in [5.41, 5.74) is 1.77. The lowest BCUT2D eigenvalue weighted by Crippen LogP contribution is -1.81. The predicted octanol–water partition coefficient (Wildman–Crippen LogP) is 4.45. The average Bonchev–Trinajstić information content (AvgIpc) is 2.88. The smallest absolute Gasteiger partial charge is 0.181 e. The number of hydrogen-bond donors (Lipinski definition) is 1. The highest BCUT2D eigenvalue weighted by Gasteiger charge is 2.08. The molecule has 1 heterocycles. The number of nitrogens with one attached hydrogen (secondary N) is 1. The number of halogens is 2. The monoisotopic (exact) mass is 289 g/mol. The van der Waals surface area contributed by atoms with Crippen molar-refractivity contribution in [1.29, 1.82) is 0 Å². The number of aromatic amines is 1. The second kappa shape index (κ2) is 5.03. The van der Waals surface area contributed by atoms with Crippen LogP contribution in [0.2, 0.25) is 10.0 Å². The van der Waals surface area contributed by atoms with Gasteiger partial charge >= 0.3 is 0 Å². The Morgan fingerprint density at radius 1 is 0.842 bits per heavy atom. The van der Waals surface area contributed by atoms with E-state index in [9.17, 15) is 0 Å². The minimum absolute atomic E-state index is 0.609. The number of nitrogens with zero attached hydrogens (tertiary/aromatic N) is 2. The Hall–Kier alpha value is -1.84. The van der Waals surface area contributed by atoms with Gasteiger partial charge in [-0.3, -0.25) is 5.10 Å². The second-order valence-electron chi connectivity index (χ2n) is 4.03. The highest BCUT2D eigenvalue weighted by atomic mass is 35.5. The first-order valence-electron chi connectivity index (χ1n) is 5.67. The molecule has 3 aromatic rings. The molecule has 19 heavy (non-hydrogen) atoms. The van der Waals surface area contributed by atoms with Crippen LogP contribution in [0.1, 0.15) is 0 Å². The van der Waals surface area contributed by atoms with Gasteiger partial charge in [-0.05, 0) is 24.3 Å². The summed E-state index contributed by atoms with van der Waals surface area (Å²) in [6.45, 7) is 0. The summed E-state index contributed by atoms with van der Waals surface area (Å²) in [6, 6.07) is 14.9. The Kier molecular flexibility index (Phi) is 3.23. The molecule has 0 radical (unpaired) electrons. The van der Waals surface area contributed by atoms with Gasteiger partial charge in [0.25, 0.3) is 0 Å². The summed E-state index contributed by atoms with van der Waals surface area (Å²) in [5.74, 6) is 1.29. The summed E-state index contributed by atoms with van der Waals surface area (Å²) in [5, 5.41) is 8.42. The molecule has 0 aliphatic rings. The van der Waals surface area contributed by atoms with Crippen molar-refractivity contribution in [2.24, 2.45) is 0 Å². The molecule has 5 heteroatoms. The molecule has 1 aromatic heterocycles. The van der Waals surface area contributed by atoms with E-state index in [2.05, 4.69) is 15.2 Å². The van der Waals surface area contributed by atoms with Crippen LogP contribution in [0, 0.1) is 0 Å². The van der Waals surface area contributed by atoms with Gasteiger partial charge in [-0.1, -0.05) is 47.5 Å². The maximum absolute atomic E-state index is 5.96. The summed E-state index contributed by atoms with van der Waals surface area (Å²) < 4.78 is 0. The Bertz CT molecular complexity index is 662. The third-order valence-electron chi connectivity index (χ3n) is 2.67. The fraction of sp³-hybridized carbons (Fsp3) is 0. The quantitative estimate of drug-likeness (QED) is 0.757. The Labute approximate surface area is 120 Å². The number of rotatable bonds is 2. The molecule has 0 unspecified atom stereocenters. The molecule has 0 bridgehead atoms. The van der Waals surface area contributed by atoms with Gasteiger partial charge in [0.15, 0.2) is 11.6 Å². The van der Waals surface area contributed by atoms with Crippen LogP contribution < -0.4 is 0 Å². The van der Waals surface area contributed by atoms with Crippen molar-refractivity contribution in [3.05, 3.63) is 58.6 Å². The Balaban J connectivity index is 2.00. The lowest BCUT2D eigenvalue weighted by molar-refractivity contribution is 1.10. The van der Waals surface area contributed by atoms with E-state index in [0.717, 1.165) is 11.1 Å². The minimum atomic E-state index is 0.609. The van der Waals surface area contributed by atoms with Crippen LogP contribution in [-0.2, 0) is 0 Å². The summed E-state index contributed by atoms with van der Waals surface area (Å²) >= 11 is 11.9. The lowest BCUT2D eigenvalue weighted by atomic mass is 10.2. The number of benzene rings is 2. The van der Waals surface area contributed by atoms with Gasteiger partial charge in [-0.15, -0.1) is 0 Å². The van der Waals surface area contributed by atoms with E-state index in [1.165, 1.54) is 0 Å². The van der Waals surface area contributed by atoms with Crippen LogP contribution in [-0.4, -0.2) is 15.2 Å². The van der Waals surface area contributed by atoms with Gasteiger partial charge in [0.05, 0.1) is 0 Å². The zero-order valence-electron chi connectivity index (χ0n) is 9.77.